The van der Waals surface area contributed by atoms with E-state index < -0.39 is 6.04 Å². The zero-order valence-corrected chi connectivity index (χ0v) is 17.3. The van der Waals surface area contributed by atoms with E-state index >= 15 is 0 Å². The molecule has 4 aromatic rings. The lowest BCUT2D eigenvalue weighted by atomic mass is 9.97. The third-order valence-corrected chi connectivity index (χ3v) is 5.83. The Morgan fingerprint density at radius 2 is 1.71 bits per heavy atom. The highest BCUT2D eigenvalue weighted by molar-refractivity contribution is 6.06. The molecule has 0 unspecified atom stereocenters. The summed E-state index contributed by atoms with van der Waals surface area (Å²) in [5.74, 6) is -0.620. The molecular formula is C25H21FN2O3. The van der Waals surface area contributed by atoms with Crippen LogP contribution in [0.15, 0.2) is 69.9 Å². The summed E-state index contributed by atoms with van der Waals surface area (Å²) in [4.78, 5) is 30.6. The minimum absolute atomic E-state index is 0.0712. The highest BCUT2D eigenvalue weighted by Crippen LogP contribution is 2.39. The van der Waals surface area contributed by atoms with Gasteiger partial charge in [-0.15, -0.1) is 0 Å². The van der Waals surface area contributed by atoms with Crippen LogP contribution in [-0.2, 0) is 0 Å². The number of likely N-dealkylation sites (N-methyl/N-ethyl adjacent to an activating group) is 1. The van der Waals surface area contributed by atoms with Gasteiger partial charge in [-0.2, -0.15) is 0 Å². The molecule has 0 radical (unpaired) electrons. The van der Waals surface area contributed by atoms with E-state index in [2.05, 4.69) is 0 Å². The molecule has 0 saturated heterocycles. The molecule has 6 heteroatoms. The Labute approximate surface area is 178 Å². The Morgan fingerprint density at radius 3 is 2.45 bits per heavy atom. The molecule has 2 heterocycles. The molecule has 1 amide bonds. The Kier molecular flexibility index (Phi) is 4.59. The van der Waals surface area contributed by atoms with Gasteiger partial charge in [0.2, 0.25) is 5.76 Å². The lowest BCUT2D eigenvalue weighted by molar-refractivity contribution is 0.0716. The quantitative estimate of drug-likeness (QED) is 0.468. The van der Waals surface area contributed by atoms with E-state index in [9.17, 15) is 14.0 Å². The predicted octanol–water partition coefficient (Wildman–Crippen LogP) is 4.19. The van der Waals surface area contributed by atoms with Crippen LogP contribution in [0, 0.1) is 5.82 Å². The standard InChI is InChI=1S/C25H21FN2O3/c1-27(2)13-14-28-21(16-7-10-17(26)11-8-16)20-22(29)19-12-9-15-5-3-4-6-18(15)23(19)31-24(20)25(28)30/h3-12,21H,13-14H2,1-2H3/t21-/m0/s1. The van der Waals surface area contributed by atoms with Crippen molar-refractivity contribution in [3.8, 4) is 0 Å². The van der Waals surface area contributed by atoms with Crippen molar-refractivity contribution >= 4 is 27.6 Å². The van der Waals surface area contributed by atoms with Crippen molar-refractivity contribution in [3.05, 3.63) is 93.6 Å². The van der Waals surface area contributed by atoms with Crippen LogP contribution in [0.4, 0.5) is 4.39 Å². The van der Waals surface area contributed by atoms with Crippen LogP contribution in [0.3, 0.4) is 0 Å². The number of amides is 1. The van der Waals surface area contributed by atoms with Gasteiger partial charge in [-0.05, 0) is 43.2 Å². The summed E-state index contributed by atoms with van der Waals surface area (Å²) < 4.78 is 19.7. The van der Waals surface area contributed by atoms with Crippen LogP contribution in [0.1, 0.15) is 27.7 Å². The maximum absolute atomic E-state index is 13.6. The largest absolute Gasteiger partial charge is 0.450 e. The number of benzene rings is 3. The summed E-state index contributed by atoms with van der Waals surface area (Å²) in [7, 11) is 3.84. The molecule has 0 aliphatic carbocycles. The Balaban J connectivity index is 1.77. The van der Waals surface area contributed by atoms with Gasteiger partial charge in [0.05, 0.1) is 17.0 Å². The number of hydrogen-bond acceptors (Lipinski definition) is 4. The fourth-order valence-corrected chi connectivity index (χ4v) is 4.28. The summed E-state index contributed by atoms with van der Waals surface area (Å²) in [6.07, 6.45) is 0. The average molecular weight is 416 g/mol. The lowest BCUT2D eigenvalue weighted by Gasteiger charge is -2.26. The molecule has 1 aromatic heterocycles. The summed E-state index contributed by atoms with van der Waals surface area (Å²) >= 11 is 0. The van der Waals surface area contributed by atoms with E-state index in [1.165, 1.54) is 12.1 Å². The van der Waals surface area contributed by atoms with Crippen LogP contribution in [0.5, 0.6) is 0 Å². The van der Waals surface area contributed by atoms with Gasteiger partial charge in [0.25, 0.3) is 5.91 Å². The number of nitrogens with zero attached hydrogens (tertiary/aromatic N) is 2. The van der Waals surface area contributed by atoms with Gasteiger partial charge in [-0.25, -0.2) is 4.39 Å². The predicted molar refractivity (Wildman–Crippen MR) is 118 cm³/mol. The van der Waals surface area contributed by atoms with Gasteiger partial charge >= 0.3 is 0 Å². The first kappa shape index (κ1) is 19.5. The van der Waals surface area contributed by atoms with E-state index in [0.29, 0.717) is 35.2 Å². The second-order valence-corrected chi connectivity index (χ2v) is 8.09. The van der Waals surface area contributed by atoms with Crippen LogP contribution in [0.25, 0.3) is 21.7 Å². The Hall–Kier alpha value is -3.51. The van der Waals surface area contributed by atoms with Gasteiger partial charge in [-0.1, -0.05) is 42.5 Å². The van der Waals surface area contributed by atoms with Gasteiger partial charge in [-0.3, -0.25) is 9.59 Å². The van der Waals surface area contributed by atoms with E-state index in [1.54, 1.807) is 23.1 Å². The molecule has 0 bridgehead atoms. The molecule has 0 saturated carbocycles. The molecule has 31 heavy (non-hydrogen) atoms. The SMILES string of the molecule is CN(C)CCN1C(=O)c2oc3c(ccc4ccccc43)c(=O)c2[C@@H]1c1ccc(F)cc1. The average Bonchev–Trinajstić information content (AvgIpc) is 3.05. The molecule has 5 rings (SSSR count). The Morgan fingerprint density at radius 1 is 0.968 bits per heavy atom. The summed E-state index contributed by atoms with van der Waals surface area (Å²) in [6.45, 7) is 1.03. The van der Waals surface area contributed by atoms with Crippen molar-refractivity contribution in [1.82, 2.24) is 9.80 Å². The van der Waals surface area contributed by atoms with Gasteiger partial charge < -0.3 is 14.2 Å². The summed E-state index contributed by atoms with van der Waals surface area (Å²) in [6, 6.07) is 16.6. The van der Waals surface area contributed by atoms with Crippen LogP contribution in [-0.4, -0.2) is 42.9 Å². The molecule has 3 aromatic carbocycles. The molecule has 1 atom stereocenters. The monoisotopic (exact) mass is 416 g/mol. The molecule has 0 fully saturated rings. The third-order valence-electron chi connectivity index (χ3n) is 5.83. The molecule has 5 nitrogen and oxygen atoms in total. The van der Waals surface area contributed by atoms with Crippen molar-refractivity contribution in [2.45, 2.75) is 6.04 Å². The third kappa shape index (κ3) is 3.11. The smallest absolute Gasteiger partial charge is 0.290 e. The zero-order chi connectivity index (χ0) is 21.7. The lowest BCUT2D eigenvalue weighted by Crippen LogP contribution is -2.35. The molecular weight excluding hydrogens is 395 g/mol. The van der Waals surface area contributed by atoms with Gasteiger partial charge in [0.1, 0.15) is 11.4 Å². The van der Waals surface area contributed by atoms with Crippen molar-refractivity contribution in [3.63, 3.8) is 0 Å². The number of carbonyl (C=O) groups is 1. The maximum atomic E-state index is 13.6. The normalized spacial score (nSPS) is 15.9. The van der Waals surface area contributed by atoms with Gasteiger partial charge in [0.15, 0.2) is 5.43 Å². The number of halogens is 1. The van der Waals surface area contributed by atoms with E-state index in [-0.39, 0.29) is 22.9 Å². The van der Waals surface area contributed by atoms with Gasteiger partial charge in [0, 0.05) is 18.5 Å². The minimum Gasteiger partial charge on any atom is -0.450 e. The number of fused-ring (bicyclic) bond motifs is 4. The molecule has 156 valence electrons. The summed E-state index contributed by atoms with van der Waals surface area (Å²) in [5.41, 5.74) is 1.19. The first-order chi connectivity index (χ1) is 15.0. The number of carbonyl (C=O) groups excluding carboxylic acids is 1. The second-order valence-electron chi connectivity index (χ2n) is 8.09. The van der Waals surface area contributed by atoms with Crippen molar-refractivity contribution in [1.29, 1.82) is 0 Å². The number of rotatable bonds is 4. The topological polar surface area (TPSA) is 53.8 Å². The van der Waals surface area contributed by atoms with Crippen molar-refractivity contribution < 1.29 is 13.6 Å². The fraction of sp³-hybridized carbons (Fsp3) is 0.200. The molecule has 0 spiro atoms. The van der Waals surface area contributed by atoms with Crippen LogP contribution in [0.2, 0.25) is 0 Å². The minimum atomic E-state index is -0.616. The van der Waals surface area contributed by atoms with Crippen LogP contribution >= 0.6 is 0 Å². The van der Waals surface area contributed by atoms with Crippen LogP contribution < -0.4 is 5.43 Å². The van der Waals surface area contributed by atoms with Crippen molar-refractivity contribution in [2.75, 3.05) is 27.2 Å². The molecule has 1 aliphatic heterocycles. The summed E-state index contributed by atoms with van der Waals surface area (Å²) in [5, 5.41) is 2.16. The first-order valence-corrected chi connectivity index (χ1v) is 10.2. The highest BCUT2D eigenvalue weighted by Gasteiger charge is 2.42. The van der Waals surface area contributed by atoms with Crippen molar-refractivity contribution in [2.24, 2.45) is 0 Å². The van der Waals surface area contributed by atoms with E-state index in [4.69, 9.17) is 4.42 Å². The maximum Gasteiger partial charge on any atom is 0.290 e. The number of hydrogen-bond donors (Lipinski definition) is 0. The first-order valence-electron chi connectivity index (χ1n) is 10.2. The fourth-order valence-electron chi connectivity index (χ4n) is 4.28. The molecule has 1 aliphatic rings. The highest BCUT2D eigenvalue weighted by atomic mass is 19.1. The zero-order valence-electron chi connectivity index (χ0n) is 17.3. The van der Waals surface area contributed by atoms with E-state index in [1.807, 2.05) is 49.3 Å². The second kappa shape index (κ2) is 7.32. The Bertz CT molecular complexity index is 1380. The molecule has 0 N–H and O–H groups in total. The van der Waals surface area contributed by atoms with E-state index in [0.717, 1.165) is 10.8 Å².